The Morgan fingerprint density at radius 1 is 0.889 bits per heavy atom. The number of hydrogen-bond acceptors (Lipinski definition) is 2. The van der Waals surface area contributed by atoms with E-state index < -0.39 is 0 Å². The largest absolute Gasteiger partial charge is 0.313 e. The van der Waals surface area contributed by atoms with Gasteiger partial charge in [0.25, 0.3) is 0 Å². The lowest BCUT2D eigenvalue weighted by molar-refractivity contribution is 0.413. The number of rotatable bonds is 4. The van der Waals surface area contributed by atoms with E-state index in [9.17, 15) is 0 Å². The molecule has 0 aliphatic heterocycles. The molecule has 2 unspecified atom stereocenters. The van der Waals surface area contributed by atoms with Crippen LogP contribution in [0.5, 0.6) is 0 Å². The first-order chi connectivity index (χ1) is 8.88. The van der Waals surface area contributed by atoms with E-state index in [1.807, 2.05) is 0 Å². The average molecular weight is 272 g/mol. The van der Waals surface area contributed by atoms with Crippen molar-refractivity contribution in [2.75, 3.05) is 12.8 Å². The summed E-state index contributed by atoms with van der Waals surface area (Å²) >= 11 is 2.09. The summed E-state index contributed by atoms with van der Waals surface area (Å²) in [5.74, 6) is 0. The molecule has 0 aromatic rings. The van der Waals surface area contributed by atoms with Crippen molar-refractivity contribution in [1.82, 2.24) is 5.32 Å². The zero-order chi connectivity index (χ0) is 13.1. The van der Waals surface area contributed by atoms with Gasteiger partial charge in [-0.2, -0.15) is 11.8 Å². The van der Waals surface area contributed by atoms with Crippen molar-refractivity contribution >= 4 is 11.8 Å². The van der Waals surface area contributed by atoms with Crippen LogP contribution in [-0.2, 0) is 0 Å². The molecule has 1 saturated carbocycles. The van der Waals surface area contributed by atoms with Gasteiger partial charge in [-0.15, -0.1) is 0 Å². The first-order valence-corrected chi connectivity index (χ1v) is 9.43. The van der Waals surface area contributed by atoms with Crippen LogP contribution in [0.25, 0.3) is 0 Å². The summed E-state index contributed by atoms with van der Waals surface area (Å²) in [6.07, 6.45) is 18.0. The molecule has 1 aliphatic carbocycles. The van der Waals surface area contributed by atoms with Crippen molar-refractivity contribution in [2.24, 2.45) is 0 Å². The maximum Gasteiger partial charge on any atom is 0.0198 e. The second kappa shape index (κ2) is 11.2. The lowest BCUT2D eigenvalue weighted by Crippen LogP contribution is -2.38. The van der Waals surface area contributed by atoms with E-state index in [0.717, 1.165) is 11.3 Å². The Hall–Kier alpha value is 0.310. The molecule has 2 heteroatoms. The maximum absolute atomic E-state index is 3.80. The Kier molecular flexibility index (Phi) is 10.1. The number of hydrogen-bond donors (Lipinski definition) is 1. The molecule has 1 N–H and O–H groups in total. The molecular weight excluding hydrogens is 238 g/mol. The van der Waals surface area contributed by atoms with Crippen LogP contribution in [0.1, 0.15) is 77.6 Å². The zero-order valence-corrected chi connectivity index (χ0v) is 13.4. The van der Waals surface area contributed by atoms with Gasteiger partial charge in [-0.1, -0.05) is 58.3 Å². The summed E-state index contributed by atoms with van der Waals surface area (Å²) < 4.78 is 0. The lowest BCUT2D eigenvalue weighted by atomic mass is 9.97. The summed E-state index contributed by atoms with van der Waals surface area (Å²) in [4.78, 5) is 0. The molecular formula is C16H33NS. The maximum atomic E-state index is 3.80. The van der Waals surface area contributed by atoms with E-state index in [2.05, 4.69) is 30.3 Å². The molecule has 0 aromatic carbocycles. The minimum Gasteiger partial charge on any atom is -0.313 e. The third kappa shape index (κ3) is 7.04. The van der Waals surface area contributed by atoms with E-state index in [1.54, 1.807) is 0 Å². The van der Waals surface area contributed by atoms with Crippen molar-refractivity contribution in [3.63, 3.8) is 0 Å². The van der Waals surface area contributed by atoms with Crippen LogP contribution in [0.2, 0.25) is 0 Å². The molecule has 1 rings (SSSR count). The van der Waals surface area contributed by atoms with E-state index in [4.69, 9.17) is 0 Å². The van der Waals surface area contributed by atoms with Crippen LogP contribution in [0.3, 0.4) is 0 Å². The van der Waals surface area contributed by atoms with Crippen LogP contribution in [0.15, 0.2) is 0 Å². The van der Waals surface area contributed by atoms with Gasteiger partial charge >= 0.3 is 0 Å². The molecule has 0 heterocycles. The van der Waals surface area contributed by atoms with Crippen molar-refractivity contribution in [3.05, 3.63) is 0 Å². The van der Waals surface area contributed by atoms with Crippen molar-refractivity contribution < 1.29 is 0 Å². The highest BCUT2D eigenvalue weighted by molar-refractivity contribution is 7.99. The molecule has 0 amide bonds. The summed E-state index contributed by atoms with van der Waals surface area (Å²) in [6, 6.07) is 0.763. The Bertz CT molecular complexity index is 184. The van der Waals surface area contributed by atoms with Gasteiger partial charge in [-0.05, 0) is 32.1 Å². The highest BCUT2D eigenvalue weighted by atomic mass is 32.2. The fraction of sp³-hybridized carbons (Fsp3) is 1.00. The first kappa shape index (κ1) is 16.4. The highest BCUT2D eigenvalue weighted by Gasteiger charge is 2.19. The summed E-state index contributed by atoms with van der Waals surface area (Å²) in [5.41, 5.74) is 0. The summed E-state index contributed by atoms with van der Waals surface area (Å²) in [7, 11) is 0. The third-order valence-corrected chi connectivity index (χ3v) is 5.33. The van der Waals surface area contributed by atoms with Crippen molar-refractivity contribution in [3.8, 4) is 0 Å². The monoisotopic (exact) mass is 271 g/mol. The van der Waals surface area contributed by atoms with Gasteiger partial charge < -0.3 is 5.32 Å². The molecule has 0 saturated heterocycles. The van der Waals surface area contributed by atoms with Crippen LogP contribution >= 0.6 is 11.8 Å². The van der Waals surface area contributed by atoms with Gasteiger partial charge in [0.15, 0.2) is 0 Å². The molecule has 0 radical (unpaired) electrons. The van der Waals surface area contributed by atoms with E-state index in [0.29, 0.717) is 0 Å². The van der Waals surface area contributed by atoms with Crippen LogP contribution in [0, 0.1) is 0 Å². The van der Waals surface area contributed by atoms with E-state index in [-0.39, 0.29) is 0 Å². The molecule has 0 aromatic heterocycles. The van der Waals surface area contributed by atoms with Gasteiger partial charge in [0.05, 0.1) is 0 Å². The molecule has 1 fully saturated rings. The van der Waals surface area contributed by atoms with Gasteiger partial charge in [-0.25, -0.2) is 0 Å². The van der Waals surface area contributed by atoms with Crippen molar-refractivity contribution in [1.29, 1.82) is 0 Å². The van der Waals surface area contributed by atoms with E-state index in [1.165, 1.54) is 77.2 Å². The Morgan fingerprint density at radius 3 is 2.00 bits per heavy atom. The van der Waals surface area contributed by atoms with Crippen LogP contribution in [-0.4, -0.2) is 24.1 Å². The lowest BCUT2D eigenvalue weighted by Gasteiger charge is -2.27. The predicted octanol–water partition coefficient (Wildman–Crippen LogP) is 5.00. The quantitative estimate of drug-likeness (QED) is 0.772. The van der Waals surface area contributed by atoms with Crippen LogP contribution < -0.4 is 5.32 Å². The summed E-state index contributed by atoms with van der Waals surface area (Å²) in [5, 5.41) is 4.65. The third-order valence-electron chi connectivity index (χ3n) is 4.16. The predicted molar refractivity (Wildman–Crippen MR) is 85.6 cm³/mol. The van der Waals surface area contributed by atoms with Gasteiger partial charge in [-0.3, -0.25) is 0 Å². The zero-order valence-electron chi connectivity index (χ0n) is 12.5. The Labute approximate surface area is 119 Å². The average Bonchev–Trinajstić information content (AvgIpc) is 2.38. The smallest absolute Gasteiger partial charge is 0.0198 e. The summed E-state index contributed by atoms with van der Waals surface area (Å²) in [6.45, 7) is 3.47. The molecule has 0 spiro atoms. The standard InChI is InChI=1S/C16H33NS/c1-3-14-17-15-12-10-8-6-4-5-7-9-11-13-16(15)18-2/h15-17H,3-14H2,1-2H3. The molecule has 2 atom stereocenters. The molecule has 1 nitrogen and oxygen atoms in total. The highest BCUT2D eigenvalue weighted by Crippen LogP contribution is 2.24. The van der Waals surface area contributed by atoms with Gasteiger partial charge in [0.1, 0.15) is 0 Å². The second-order valence-corrected chi connectivity index (χ2v) is 6.82. The van der Waals surface area contributed by atoms with E-state index >= 15 is 0 Å². The molecule has 1 aliphatic rings. The molecule has 108 valence electrons. The minimum atomic E-state index is 0.763. The van der Waals surface area contributed by atoms with Gasteiger partial charge in [0.2, 0.25) is 0 Å². The molecule has 0 bridgehead atoms. The SMILES string of the molecule is CCCNC1CCCCCCCCCCC1SC. The molecule has 18 heavy (non-hydrogen) atoms. The number of nitrogens with one attached hydrogen (secondary N) is 1. The fourth-order valence-corrected chi connectivity index (χ4v) is 3.97. The van der Waals surface area contributed by atoms with Gasteiger partial charge in [0, 0.05) is 11.3 Å². The van der Waals surface area contributed by atoms with Crippen molar-refractivity contribution in [2.45, 2.75) is 88.8 Å². The first-order valence-electron chi connectivity index (χ1n) is 8.14. The number of thioether (sulfide) groups is 1. The fourth-order valence-electron chi connectivity index (χ4n) is 3.00. The minimum absolute atomic E-state index is 0.763. The Morgan fingerprint density at radius 2 is 1.44 bits per heavy atom. The second-order valence-electron chi connectivity index (χ2n) is 5.74. The normalized spacial score (nSPS) is 28.3. The Balaban J connectivity index is 2.43. The van der Waals surface area contributed by atoms with Crippen LogP contribution in [0.4, 0.5) is 0 Å². The topological polar surface area (TPSA) is 12.0 Å².